The summed E-state index contributed by atoms with van der Waals surface area (Å²) in [4.78, 5) is 44.8. The lowest BCUT2D eigenvalue weighted by Crippen LogP contribution is -2.18. The molecule has 0 aromatic heterocycles. The maximum absolute atomic E-state index is 11.8. The van der Waals surface area contributed by atoms with Crippen LogP contribution >= 0.6 is 0 Å². The van der Waals surface area contributed by atoms with Gasteiger partial charge in [-0.15, -0.1) is 0 Å². The van der Waals surface area contributed by atoms with E-state index in [1.807, 2.05) is 0 Å². The summed E-state index contributed by atoms with van der Waals surface area (Å²) in [5.41, 5.74) is -0.194. The molecule has 1 rings (SSSR count). The number of carboxylic acid groups (broad SMARTS) is 1. The van der Waals surface area contributed by atoms with E-state index in [9.17, 15) is 19.2 Å². The molecule has 0 atom stereocenters. The zero-order valence-electron chi connectivity index (χ0n) is 12.0. The number of ketones is 1. The number of carbonyl (C=O) groups excluding carboxylic acids is 3. The minimum Gasteiger partial charge on any atom is -0.478 e. The first-order valence-corrected chi connectivity index (χ1v) is 6.66. The summed E-state index contributed by atoms with van der Waals surface area (Å²) in [5.74, 6) is -3.52. The number of hydrogen-bond acceptors (Lipinski definition) is 6. The average molecular weight is 308 g/mol. The second-order valence-corrected chi connectivity index (χ2v) is 4.25. The lowest BCUT2D eigenvalue weighted by atomic mass is 10.1. The third kappa shape index (κ3) is 5.01. The summed E-state index contributed by atoms with van der Waals surface area (Å²) in [6.07, 6.45) is 0.281. The molecule has 0 bridgehead atoms. The molecule has 0 spiro atoms. The fourth-order valence-electron chi connectivity index (χ4n) is 1.54. The summed E-state index contributed by atoms with van der Waals surface area (Å²) < 4.78 is 9.58. The predicted molar refractivity (Wildman–Crippen MR) is 74.6 cm³/mol. The van der Waals surface area contributed by atoms with E-state index in [0.717, 1.165) is 0 Å². The summed E-state index contributed by atoms with van der Waals surface area (Å²) >= 11 is 0. The van der Waals surface area contributed by atoms with Crippen LogP contribution in [0.25, 0.3) is 0 Å². The van der Waals surface area contributed by atoms with Crippen molar-refractivity contribution < 1.29 is 33.8 Å². The van der Waals surface area contributed by atoms with Gasteiger partial charge < -0.3 is 14.6 Å². The lowest BCUT2D eigenvalue weighted by molar-refractivity contribution is -0.153. The highest BCUT2D eigenvalue weighted by Crippen LogP contribution is 2.10. The molecule has 0 aliphatic carbocycles. The van der Waals surface area contributed by atoms with Crippen molar-refractivity contribution in [2.45, 2.75) is 19.8 Å². The molecule has 0 saturated heterocycles. The largest absolute Gasteiger partial charge is 0.478 e. The smallest absolute Gasteiger partial charge is 0.374 e. The van der Waals surface area contributed by atoms with Crippen molar-refractivity contribution in [2.75, 3.05) is 13.2 Å². The van der Waals surface area contributed by atoms with E-state index < -0.39 is 23.7 Å². The third-order valence-electron chi connectivity index (χ3n) is 2.68. The molecular weight excluding hydrogens is 292 g/mol. The van der Waals surface area contributed by atoms with Gasteiger partial charge >= 0.3 is 17.9 Å². The Labute approximate surface area is 126 Å². The molecule has 1 aromatic rings. The quantitative estimate of drug-likeness (QED) is 0.440. The molecule has 0 radical (unpaired) electrons. The second-order valence-electron chi connectivity index (χ2n) is 4.25. The van der Waals surface area contributed by atoms with Crippen LogP contribution in [-0.4, -0.2) is 42.0 Å². The number of carbonyl (C=O) groups is 4. The van der Waals surface area contributed by atoms with E-state index in [2.05, 4.69) is 4.74 Å². The van der Waals surface area contributed by atoms with Gasteiger partial charge in [0.05, 0.1) is 24.3 Å². The molecule has 22 heavy (non-hydrogen) atoms. The third-order valence-corrected chi connectivity index (χ3v) is 2.68. The van der Waals surface area contributed by atoms with Gasteiger partial charge in [0.15, 0.2) is 0 Å². The maximum Gasteiger partial charge on any atom is 0.374 e. The van der Waals surface area contributed by atoms with E-state index in [4.69, 9.17) is 9.84 Å². The van der Waals surface area contributed by atoms with Gasteiger partial charge in [-0.3, -0.25) is 4.79 Å². The molecule has 0 aliphatic heterocycles. The normalized spacial score (nSPS) is 9.86. The van der Waals surface area contributed by atoms with Crippen LogP contribution in [0.5, 0.6) is 0 Å². The zero-order chi connectivity index (χ0) is 16.5. The van der Waals surface area contributed by atoms with E-state index in [0.29, 0.717) is 0 Å². The van der Waals surface area contributed by atoms with Crippen LogP contribution in [0.4, 0.5) is 0 Å². The second kappa shape index (κ2) is 8.56. The molecule has 7 nitrogen and oxygen atoms in total. The predicted octanol–water partition coefficient (Wildman–Crippen LogP) is 1.45. The van der Waals surface area contributed by atoms with Gasteiger partial charge in [-0.1, -0.05) is 19.1 Å². The number of carboxylic acids is 1. The van der Waals surface area contributed by atoms with E-state index in [1.165, 1.54) is 24.3 Å². The van der Waals surface area contributed by atoms with Gasteiger partial charge in [-0.05, 0) is 12.1 Å². The standard InChI is InChI=1S/C15H16O7/c1-2-12(16)15(20)22-9-5-8-21-14(19)11-7-4-3-6-10(11)13(17)18/h3-4,6-7H,2,5,8-9H2,1H3,(H,17,18). The van der Waals surface area contributed by atoms with Crippen molar-refractivity contribution in [3.8, 4) is 0 Å². The minimum absolute atomic E-state index is 0.0480. The Morgan fingerprint density at radius 3 is 2.18 bits per heavy atom. The SMILES string of the molecule is CCC(=O)C(=O)OCCCOC(=O)c1ccccc1C(=O)O. The highest BCUT2D eigenvalue weighted by Gasteiger charge is 2.17. The Morgan fingerprint density at radius 1 is 1.00 bits per heavy atom. The number of rotatable bonds is 8. The fraction of sp³-hybridized carbons (Fsp3) is 0.333. The number of benzene rings is 1. The summed E-state index contributed by atoms with van der Waals surface area (Å²) in [6.45, 7) is 1.43. The monoisotopic (exact) mass is 308 g/mol. The van der Waals surface area contributed by atoms with Crippen LogP contribution in [0, 0.1) is 0 Å². The molecule has 118 valence electrons. The first-order chi connectivity index (χ1) is 10.5. The molecule has 0 saturated carbocycles. The average Bonchev–Trinajstić information content (AvgIpc) is 2.53. The Kier molecular flexibility index (Phi) is 6.75. The molecule has 0 unspecified atom stereocenters. The van der Waals surface area contributed by atoms with Crippen molar-refractivity contribution in [3.05, 3.63) is 35.4 Å². The van der Waals surface area contributed by atoms with Gasteiger partial charge in [-0.25, -0.2) is 14.4 Å². The molecule has 1 N–H and O–H groups in total. The molecule has 0 amide bonds. The van der Waals surface area contributed by atoms with E-state index in [1.54, 1.807) is 6.92 Å². The first kappa shape index (κ1) is 17.4. The molecule has 0 aliphatic rings. The van der Waals surface area contributed by atoms with Crippen LogP contribution in [0.3, 0.4) is 0 Å². The van der Waals surface area contributed by atoms with Crippen LogP contribution in [-0.2, 0) is 19.1 Å². The highest BCUT2D eigenvalue weighted by molar-refractivity contribution is 6.33. The Bertz CT molecular complexity index is 577. The topological polar surface area (TPSA) is 107 Å². The maximum atomic E-state index is 11.8. The van der Waals surface area contributed by atoms with Crippen molar-refractivity contribution in [1.82, 2.24) is 0 Å². The number of hydrogen-bond donors (Lipinski definition) is 1. The van der Waals surface area contributed by atoms with E-state index >= 15 is 0 Å². The Balaban J connectivity index is 2.40. The summed E-state index contributed by atoms with van der Waals surface area (Å²) in [7, 11) is 0. The minimum atomic E-state index is -1.22. The van der Waals surface area contributed by atoms with Crippen molar-refractivity contribution in [3.63, 3.8) is 0 Å². The van der Waals surface area contributed by atoms with Gasteiger partial charge in [0.2, 0.25) is 5.78 Å². The number of Topliss-reactive ketones (excluding diaryl/α,β-unsaturated/α-hetero) is 1. The number of ether oxygens (including phenoxy) is 2. The zero-order valence-corrected chi connectivity index (χ0v) is 12.0. The van der Waals surface area contributed by atoms with Crippen LogP contribution < -0.4 is 0 Å². The molecule has 0 heterocycles. The van der Waals surface area contributed by atoms with Gasteiger partial charge in [-0.2, -0.15) is 0 Å². The lowest BCUT2D eigenvalue weighted by Gasteiger charge is -2.07. The Hall–Kier alpha value is -2.70. The summed E-state index contributed by atoms with van der Waals surface area (Å²) in [6, 6.07) is 5.69. The van der Waals surface area contributed by atoms with Gasteiger partial charge in [0.1, 0.15) is 0 Å². The van der Waals surface area contributed by atoms with Gasteiger partial charge in [0.25, 0.3) is 0 Å². The summed E-state index contributed by atoms with van der Waals surface area (Å²) in [5, 5.41) is 8.96. The van der Waals surface area contributed by atoms with Crippen LogP contribution in [0.2, 0.25) is 0 Å². The van der Waals surface area contributed by atoms with Crippen molar-refractivity contribution in [1.29, 1.82) is 0 Å². The van der Waals surface area contributed by atoms with Crippen LogP contribution in [0.1, 0.15) is 40.5 Å². The molecular formula is C15H16O7. The Morgan fingerprint density at radius 2 is 1.59 bits per heavy atom. The number of aromatic carboxylic acids is 1. The molecule has 0 fully saturated rings. The molecule has 1 aromatic carbocycles. The van der Waals surface area contributed by atoms with Gasteiger partial charge in [0, 0.05) is 12.8 Å². The van der Waals surface area contributed by atoms with Crippen molar-refractivity contribution in [2.24, 2.45) is 0 Å². The fourth-order valence-corrected chi connectivity index (χ4v) is 1.54. The first-order valence-electron chi connectivity index (χ1n) is 6.66. The van der Waals surface area contributed by atoms with E-state index in [-0.39, 0.29) is 37.2 Å². The molecule has 7 heteroatoms. The highest BCUT2D eigenvalue weighted by atomic mass is 16.5. The van der Waals surface area contributed by atoms with Crippen molar-refractivity contribution >= 4 is 23.7 Å². The van der Waals surface area contributed by atoms with Crippen LogP contribution in [0.15, 0.2) is 24.3 Å². The number of esters is 2.